The molecule has 1 aliphatic heterocycles. The molecule has 0 spiro atoms. The molecule has 60 valence electrons. The van der Waals surface area contributed by atoms with Crippen molar-refractivity contribution in [2.24, 2.45) is 5.92 Å². The van der Waals surface area contributed by atoms with Crippen molar-refractivity contribution in [1.82, 2.24) is 0 Å². The van der Waals surface area contributed by atoms with Gasteiger partial charge in [0.15, 0.2) is 9.84 Å². The average molecular weight is 164 g/mol. The number of rotatable bonds is 0. The Bertz CT molecular complexity index is 207. The normalized spacial score (nSPS) is 39.4. The largest absolute Gasteiger partial charge is 0.392 e. The third-order valence-electron chi connectivity index (χ3n) is 1.97. The summed E-state index contributed by atoms with van der Waals surface area (Å²) in [7, 11) is -2.91. The second kappa shape index (κ2) is 2.51. The predicted molar refractivity (Wildman–Crippen MR) is 38.4 cm³/mol. The van der Waals surface area contributed by atoms with Crippen molar-refractivity contribution in [1.29, 1.82) is 0 Å². The van der Waals surface area contributed by atoms with E-state index in [1.807, 2.05) is 6.92 Å². The van der Waals surface area contributed by atoms with Gasteiger partial charge in [-0.15, -0.1) is 0 Å². The molecule has 1 rings (SSSR count). The summed E-state index contributed by atoms with van der Waals surface area (Å²) < 4.78 is 21.7. The zero-order valence-corrected chi connectivity index (χ0v) is 6.76. The topological polar surface area (TPSA) is 54.4 Å². The summed E-state index contributed by atoms with van der Waals surface area (Å²) in [4.78, 5) is 0. The van der Waals surface area contributed by atoms with Crippen molar-refractivity contribution in [3.63, 3.8) is 0 Å². The highest BCUT2D eigenvalue weighted by molar-refractivity contribution is 7.91. The van der Waals surface area contributed by atoms with E-state index < -0.39 is 15.9 Å². The van der Waals surface area contributed by atoms with E-state index >= 15 is 0 Å². The molecule has 10 heavy (non-hydrogen) atoms. The highest BCUT2D eigenvalue weighted by atomic mass is 32.2. The van der Waals surface area contributed by atoms with Crippen LogP contribution in [-0.2, 0) is 9.84 Å². The first-order chi connectivity index (χ1) is 4.51. The Balaban J connectivity index is 2.66. The van der Waals surface area contributed by atoms with Gasteiger partial charge in [-0.05, 0) is 12.3 Å². The monoisotopic (exact) mass is 164 g/mol. The van der Waals surface area contributed by atoms with Crippen LogP contribution in [-0.4, -0.2) is 31.1 Å². The highest BCUT2D eigenvalue weighted by Crippen LogP contribution is 2.17. The summed E-state index contributed by atoms with van der Waals surface area (Å²) in [5, 5.41) is 9.13. The van der Waals surface area contributed by atoms with Crippen LogP contribution in [0.15, 0.2) is 0 Å². The van der Waals surface area contributed by atoms with Crippen molar-refractivity contribution >= 4 is 9.84 Å². The Morgan fingerprint density at radius 3 is 2.50 bits per heavy atom. The molecule has 1 heterocycles. The SMILES string of the molecule is C[C@H]1CCS(=O)(=O)C[C@H]1O. The molecular weight excluding hydrogens is 152 g/mol. The Morgan fingerprint density at radius 2 is 2.10 bits per heavy atom. The molecular formula is C6H12O3S. The van der Waals surface area contributed by atoms with Crippen LogP contribution >= 0.6 is 0 Å². The van der Waals surface area contributed by atoms with Gasteiger partial charge in [-0.1, -0.05) is 6.92 Å². The van der Waals surface area contributed by atoms with Gasteiger partial charge in [-0.25, -0.2) is 8.42 Å². The zero-order valence-electron chi connectivity index (χ0n) is 5.95. The summed E-state index contributed by atoms with van der Waals surface area (Å²) in [6.45, 7) is 1.87. The maximum absolute atomic E-state index is 10.8. The minimum Gasteiger partial charge on any atom is -0.392 e. The van der Waals surface area contributed by atoms with Gasteiger partial charge in [0.1, 0.15) is 0 Å². The molecule has 0 saturated carbocycles. The zero-order chi connectivity index (χ0) is 7.78. The third-order valence-corrected chi connectivity index (χ3v) is 3.67. The van der Waals surface area contributed by atoms with Crippen LogP contribution in [0.1, 0.15) is 13.3 Å². The standard InChI is InChI=1S/C6H12O3S/c1-5-2-3-10(8,9)4-6(5)7/h5-7H,2-4H2,1H3/t5-,6+/m0/s1. The Hall–Kier alpha value is -0.0900. The van der Waals surface area contributed by atoms with E-state index in [9.17, 15) is 8.42 Å². The van der Waals surface area contributed by atoms with Crippen LogP contribution in [0.25, 0.3) is 0 Å². The van der Waals surface area contributed by atoms with E-state index in [0.29, 0.717) is 6.42 Å². The first kappa shape index (κ1) is 8.01. The maximum atomic E-state index is 10.8. The van der Waals surface area contributed by atoms with E-state index in [4.69, 9.17) is 5.11 Å². The fourth-order valence-corrected chi connectivity index (χ4v) is 2.81. The highest BCUT2D eigenvalue weighted by Gasteiger charge is 2.28. The lowest BCUT2D eigenvalue weighted by Crippen LogP contribution is -2.35. The average Bonchev–Trinajstić information content (AvgIpc) is 1.79. The molecule has 0 radical (unpaired) electrons. The summed E-state index contributed by atoms with van der Waals surface area (Å²) >= 11 is 0. The van der Waals surface area contributed by atoms with Gasteiger partial charge < -0.3 is 5.11 Å². The number of hydrogen-bond acceptors (Lipinski definition) is 3. The van der Waals surface area contributed by atoms with Gasteiger partial charge in [0.05, 0.1) is 17.6 Å². The molecule has 0 unspecified atom stereocenters. The first-order valence-corrected chi connectivity index (χ1v) is 5.22. The van der Waals surface area contributed by atoms with Gasteiger partial charge in [-0.3, -0.25) is 0 Å². The second-order valence-corrected chi connectivity index (χ2v) is 5.18. The van der Waals surface area contributed by atoms with Crippen LogP contribution in [0.4, 0.5) is 0 Å². The summed E-state index contributed by atoms with van der Waals surface area (Å²) in [5.41, 5.74) is 0. The fourth-order valence-electron chi connectivity index (χ4n) is 1.07. The summed E-state index contributed by atoms with van der Waals surface area (Å²) in [6, 6.07) is 0. The van der Waals surface area contributed by atoms with E-state index in [0.717, 1.165) is 0 Å². The van der Waals surface area contributed by atoms with Crippen molar-refractivity contribution in [3.05, 3.63) is 0 Å². The number of hydrogen-bond donors (Lipinski definition) is 1. The molecule has 2 atom stereocenters. The van der Waals surface area contributed by atoms with Crippen molar-refractivity contribution < 1.29 is 13.5 Å². The number of aliphatic hydroxyl groups excluding tert-OH is 1. The first-order valence-electron chi connectivity index (χ1n) is 3.40. The molecule has 0 bridgehead atoms. The van der Waals surface area contributed by atoms with Crippen LogP contribution in [0, 0.1) is 5.92 Å². The minimum atomic E-state index is -2.91. The number of aliphatic hydroxyl groups is 1. The molecule has 1 N–H and O–H groups in total. The summed E-state index contributed by atoms with van der Waals surface area (Å²) in [5.74, 6) is 0.336. The number of sulfone groups is 1. The molecule has 0 aromatic carbocycles. The van der Waals surface area contributed by atoms with Gasteiger partial charge in [0.2, 0.25) is 0 Å². The lowest BCUT2D eigenvalue weighted by molar-refractivity contribution is 0.130. The van der Waals surface area contributed by atoms with Crippen LogP contribution in [0.5, 0.6) is 0 Å². The molecule has 1 saturated heterocycles. The predicted octanol–water partition coefficient (Wildman–Crippen LogP) is -0.198. The Labute approximate surface area is 61.0 Å². The van der Waals surface area contributed by atoms with Crippen LogP contribution < -0.4 is 0 Å². The fraction of sp³-hybridized carbons (Fsp3) is 1.00. The molecule has 0 amide bonds. The van der Waals surface area contributed by atoms with Crippen molar-refractivity contribution in [3.8, 4) is 0 Å². The molecule has 1 fully saturated rings. The second-order valence-electron chi connectivity index (χ2n) is 2.95. The molecule has 1 aliphatic rings. The molecule has 0 aromatic heterocycles. The maximum Gasteiger partial charge on any atom is 0.152 e. The van der Waals surface area contributed by atoms with E-state index in [1.54, 1.807) is 0 Å². The lowest BCUT2D eigenvalue weighted by atomic mass is 10.0. The third kappa shape index (κ3) is 1.70. The van der Waals surface area contributed by atoms with E-state index in [1.165, 1.54) is 0 Å². The van der Waals surface area contributed by atoms with Crippen LogP contribution in [0.3, 0.4) is 0 Å². The van der Waals surface area contributed by atoms with E-state index in [2.05, 4.69) is 0 Å². The van der Waals surface area contributed by atoms with Crippen molar-refractivity contribution in [2.75, 3.05) is 11.5 Å². The van der Waals surface area contributed by atoms with Gasteiger partial charge in [0, 0.05) is 0 Å². The van der Waals surface area contributed by atoms with Gasteiger partial charge in [-0.2, -0.15) is 0 Å². The van der Waals surface area contributed by atoms with Gasteiger partial charge >= 0.3 is 0 Å². The molecule has 4 heteroatoms. The molecule has 3 nitrogen and oxygen atoms in total. The molecule has 0 aliphatic carbocycles. The minimum absolute atomic E-state index is 0.0475. The van der Waals surface area contributed by atoms with Gasteiger partial charge in [0.25, 0.3) is 0 Å². The van der Waals surface area contributed by atoms with Crippen LogP contribution in [0.2, 0.25) is 0 Å². The quantitative estimate of drug-likeness (QED) is 0.539. The van der Waals surface area contributed by atoms with Crippen molar-refractivity contribution in [2.45, 2.75) is 19.4 Å². The smallest absolute Gasteiger partial charge is 0.152 e. The molecule has 0 aromatic rings. The summed E-state index contributed by atoms with van der Waals surface area (Å²) in [6.07, 6.45) is -0.0394. The van der Waals surface area contributed by atoms with E-state index in [-0.39, 0.29) is 17.4 Å². The Kier molecular flexibility index (Phi) is 2.01. The Morgan fingerprint density at radius 1 is 1.50 bits per heavy atom. The lowest BCUT2D eigenvalue weighted by Gasteiger charge is -2.23.